The van der Waals surface area contributed by atoms with Crippen LogP contribution in [0.25, 0.3) is 0 Å². The third kappa shape index (κ3) is 2.96. The van der Waals surface area contributed by atoms with Gasteiger partial charge < -0.3 is 10.2 Å². The Balaban J connectivity index is 1.34. The minimum absolute atomic E-state index is 0.0174. The van der Waals surface area contributed by atoms with Crippen LogP contribution in [0, 0.1) is 23.2 Å². The number of piperazine rings is 1. The first kappa shape index (κ1) is 16.4. The number of amides is 2. The monoisotopic (exact) mass is 333 g/mol. The van der Waals surface area contributed by atoms with Gasteiger partial charge in [0.05, 0.1) is 12.0 Å². The number of rotatable bonds is 4. The smallest absolute Gasteiger partial charge is 0.234 e. The summed E-state index contributed by atoms with van der Waals surface area (Å²) in [5, 5.41) is 2.85. The van der Waals surface area contributed by atoms with E-state index in [1.807, 2.05) is 6.92 Å². The number of carbonyl (C=O) groups excluding carboxylic acids is 2. The molecule has 5 fully saturated rings. The lowest BCUT2D eigenvalue weighted by atomic mass is 9.49. The molecule has 4 bridgehead atoms. The number of hydrogen-bond donors (Lipinski definition) is 1. The van der Waals surface area contributed by atoms with E-state index in [1.165, 1.54) is 19.3 Å². The predicted molar refractivity (Wildman–Crippen MR) is 92.3 cm³/mol. The van der Waals surface area contributed by atoms with Gasteiger partial charge in [-0.3, -0.25) is 14.5 Å². The lowest BCUT2D eigenvalue weighted by Crippen LogP contribution is -2.58. The molecule has 0 aromatic carbocycles. The Morgan fingerprint density at radius 2 is 1.50 bits per heavy atom. The molecule has 0 aromatic rings. The average Bonchev–Trinajstić information content (AvgIpc) is 2.54. The Morgan fingerprint density at radius 3 is 2.00 bits per heavy atom. The molecule has 0 spiro atoms. The Bertz CT molecular complexity index is 475. The summed E-state index contributed by atoms with van der Waals surface area (Å²) in [4.78, 5) is 29.3. The molecule has 134 valence electrons. The van der Waals surface area contributed by atoms with Gasteiger partial charge >= 0.3 is 0 Å². The molecule has 5 heteroatoms. The standard InChI is InChI=1S/C19H31N3O2/c1-2-20-17(23)13-21-3-5-22(6-4-21)18(24)19-10-14-7-15(11-19)9-16(8-14)12-19/h14-16H,2-13H2,1H3,(H,20,23). The molecule has 4 saturated carbocycles. The van der Waals surface area contributed by atoms with Crippen LogP contribution in [-0.2, 0) is 9.59 Å². The van der Waals surface area contributed by atoms with Gasteiger partial charge in [-0.1, -0.05) is 0 Å². The van der Waals surface area contributed by atoms with Gasteiger partial charge in [-0.15, -0.1) is 0 Å². The van der Waals surface area contributed by atoms with Crippen LogP contribution in [0.1, 0.15) is 45.4 Å². The Morgan fingerprint density at radius 1 is 0.958 bits per heavy atom. The van der Waals surface area contributed by atoms with E-state index in [0.717, 1.165) is 63.2 Å². The molecule has 4 aliphatic carbocycles. The fraction of sp³-hybridized carbons (Fsp3) is 0.895. The van der Waals surface area contributed by atoms with Crippen LogP contribution < -0.4 is 5.32 Å². The minimum atomic E-state index is -0.0174. The first-order valence-corrected chi connectivity index (χ1v) is 9.86. The zero-order valence-electron chi connectivity index (χ0n) is 14.9. The topological polar surface area (TPSA) is 52.7 Å². The van der Waals surface area contributed by atoms with E-state index in [0.29, 0.717) is 19.0 Å². The SMILES string of the molecule is CCNC(=O)CN1CCN(C(=O)C23CC4CC(CC(C4)C2)C3)CC1. The summed E-state index contributed by atoms with van der Waals surface area (Å²) in [5.41, 5.74) is -0.0174. The van der Waals surface area contributed by atoms with Crippen molar-refractivity contribution >= 4 is 11.8 Å². The molecule has 0 unspecified atom stereocenters. The largest absolute Gasteiger partial charge is 0.355 e. The summed E-state index contributed by atoms with van der Waals surface area (Å²) >= 11 is 0. The second kappa shape index (κ2) is 6.32. The summed E-state index contributed by atoms with van der Waals surface area (Å²) in [7, 11) is 0. The quantitative estimate of drug-likeness (QED) is 0.848. The van der Waals surface area contributed by atoms with Crippen LogP contribution in [0.4, 0.5) is 0 Å². The molecule has 0 atom stereocenters. The highest BCUT2D eigenvalue weighted by atomic mass is 16.2. The molecule has 5 rings (SSSR count). The molecule has 0 radical (unpaired) electrons. The van der Waals surface area contributed by atoms with Crippen molar-refractivity contribution in [3.8, 4) is 0 Å². The van der Waals surface area contributed by atoms with E-state index in [2.05, 4.69) is 15.1 Å². The van der Waals surface area contributed by atoms with Crippen LogP contribution in [0.2, 0.25) is 0 Å². The van der Waals surface area contributed by atoms with Crippen molar-refractivity contribution < 1.29 is 9.59 Å². The van der Waals surface area contributed by atoms with Gasteiger partial charge in [0, 0.05) is 32.7 Å². The molecule has 1 aliphatic heterocycles. The maximum absolute atomic E-state index is 13.3. The van der Waals surface area contributed by atoms with Crippen molar-refractivity contribution in [1.29, 1.82) is 0 Å². The van der Waals surface area contributed by atoms with Crippen LogP contribution >= 0.6 is 0 Å². The Labute approximate surface area is 145 Å². The van der Waals surface area contributed by atoms with Gasteiger partial charge in [-0.2, -0.15) is 0 Å². The molecule has 1 heterocycles. The average molecular weight is 333 g/mol. The summed E-state index contributed by atoms with van der Waals surface area (Å²) < 4.78 is 0. The third-order valence-electron chi connectivity index (χ3n) is 6.89. The first-order valence-electron chi connectivity index (χ1n) is 9.86. The van der Waals surface area contributed by atoms with E-state index in [-0.39, 0.29) is 11.3 Å². The fourth-order valence-corrected chi connectivity index (χ4v) is 6.27. The van der Waals surface area contributed by atoms with E-state index in [1.54, 1.807) is 0 Å². The minimum Gasteiger partial charge on any atom is -0.355 e. The van der Waals surface area contributed by atoms with Gasteiger partial charge in [0.15, 0.2) is 0 Å². The summed E-state index contributed by atoms with van der Waals surface area (Å²) in [5.74, 6) is 3.00. The van der Waals surface area contributed by atoms with Gasteiger partial charge in [0.2, 0.25) is 11.8 Å². The normalized spacial score (nSPS) is 38.4. The lowest BCUT2D eigenvalue weighted by molar-refractivity contribution is -0.159. The van der Waals surface area contributed by atoms with Gasteiger partial charge in [-0.05, 0) is 63.2 Å². The molecule has 1 N–H and O–H groups in total. The molecule has 2 amide bonds. The van der Waals surface area contributed by atoms with Crippen molar-refractivity contribution in [2.45, 2.75) is 45.4 Å². The van der Waals surface area contributed by atoms with E-state index in [4.69, 9.17) is 0 Å². The number of nitrogens with zero attached hydrogens (tertiary/aromatic N) is 2. The Hall–Kier alpha value is -1.10. The Kier molecular flexibility index (Phi) is 4.31. The molecule has 24 heavy (non-hydrogen) atoms. The molecule has 1 saturated heterocycles. The van der Waals surface area contributed by atoms with Crippen molar-refractivity contribution in [2.75, 3.05) is 39.3 Å². The maximum Gasteiger partial charge on any atom is 0.234 e. The summed E-state index contributed by atoms with van der Waals surface area (Å²) in [6, 6.07) is 0. The second-order valence-electron chi connectivity index (χ2n) is 8.72. The fourth-order valence-electron chi connectivity index (χ4n) is 6.27. The number of carbonyl (C=O) groups is 2. The van der Waals surface area contributed by atoms with Crippen LogP contribution in [-0.4, -0.2) is 60.9 Å². The van der Waals surface area contributed by atoms with Crippen LogP contribution in [0.15, 0.2) is 0 Å². The molecule has 0 aromatic heterocycles. The van der Waals surface area contributed by atoms with Gasteiger partial charge in [0.25, 0.3) is 0 Å². The highest BCUT2D eigenvalue weighted by Crippen LogP contribution is 2.60. The van der Waals surface area contributed by atoms with E-state index in [9.17, 15) is 9.59 Å². The molecular formula is C19H31N3O2. The van der Waals surface area contributed by atoms with Crippen LogP contribution in [0.3, 0.4) is 0 Å². The highest BCUT2D eigenvalue weighted by Gasteiger charge is 2.55. The van der Waals surface area contributed by atoms with Crippen molar-refractivity contribution in [2.24, 2.45) is 23.2 Å². The third-order valence-corrected chi connectivity index (χ3v) is 6.89. The van der Waals surface area contributed by atoms with Crippen molar-refractivity contribution in [3.05, 3.63) is 0 Å². The first-order chi connectivity index (χ1) is 11.6. The maximum atomic E-state index is 13.3. The van der Waals surface area contributed by atoms with Crippen molar-refractivity contribution in [3.63, 3.8) is 0 Å². The molecule has 5 nitrogen and oxygen atoms in total. The number of nitrogens with one attached hydrogen (secondary N) is 1. The van der Waals surface area contributed by atoms with Crippen molar-refractivity contribution in [1.82, 2.24) is 15.1 Å². The van der Waals surface area contributed by atoms with E-state index >= 15 is 0 Å². The zero-order valence-corrected chi connectivity index (χ0v) is 14.9. The summed E-state index contributed by atoms with van der Waals surface area (Å²) in [6.45, 7) is 6.33. The number of likely N-dealkylation sites (N-methyl/N-ethyl adjacent to an activating group) is 1. The predicted octanol–water partition coefficient (Wildman–Crippen LogP) is 1.48. The molecular weight excluding hydrogens is 302 g/mol. The highest BCUT2D eigenvalue weighted by molar-refractivity contribution is 5.83. The zero-order chi connectivity index (χ0) is 16.7. The van der Waals surface area contributed by atoms with E-state index < -0.39 is 0 Å². The lowest BCUT2D eigenvalue weighted by Gasteiger charge is -2.57. The second-order valence-corrected chi connectivity index (χ2v) is 8.72. The van der Waals surface area contributed by atoms with Gasteiger partial charge in [0.1, 0.15) is 0 Å². The number of hydrogen-bond acceptors (Lipinski definition) is 3. The van der Waals surface area contributed by atoms with Crippen LogP contribution in [0.5, 0.6) is 0 Å². The summed E-state index contributed by atoms with van der Waals surface area (Å²) in [6.07, 6.45) is 7.59. The van der Waals surface area contributed by atoms with Gasteiger partial charge in [-0.25, -0.2) is 0 Å². The molecule has 5 aliphatic rings.